The van der Waals surface area contributed by atoms with Crippen LogP contribution in [0.25, 0.3) is 0 Å². The first-order chi connectivity index (χ1) is 15.2. The first-order valence-electron chi connectivity index (χ1n) is 9.81. The molecule has 0 saturated carbocycles. The summed E-state index contributed by atoms with van der Waals surface area (Å²) < 4.78 is 27.3. The molecule has 32 heavy (non-hydrogen) atoms. The van der Waals surface area contributed by atoms with Crippen molar-refractivity contribution < 1.29 is 18.1 Å². The van der Waals surface area contributed by atoms with Crippen LogP contribution in [0, 0.1) is 17.0 Å². The molecule has 3 rings (SSSR count). The van der Waals surface area contributed by atoms with Crippen molar-refractivity contribution in [2.75, 3.05) is 11.3 Å². The minimum Gasteiger partial charge on any atom is -0.352 e. The quantitative estimate of drug-likeness (QED) is 0.260. The van der Waals surface area contributed by atoms with Gasteiger partial charge in [0.05, 0.1) is 14.8 Å². The maximum absolute atomic E-state index is 12.5. The molecule has 0 spiro atoms. The van der Waals surface area contributed by atoms with Gasteiger partial charge in [-0.1, -0.05) is 6.07 Å². The van der Waals surface area contributed by atoms with Gasteiger partial charge in [-0.15, -0.1) is 11.3 Å². The monoisotopic (exact) mass is 474 g/mol. The summed E-state index contributed by atoms with van der Waals surface area (Å²) >= 11 is 1.64. The lowest BCUT2D eigenvalue weighted by Crippen LogP contribution is -2.24. The zero-order valence-corrected chi connectivity index (χ0v) is 18.9. The molecule has 0 atom stereocenters. The third kappa shape index (κ3) is 6.34. The largest absolute Gasteiger partial charge is 0.352 e. The first kappa shape index (κ1) is 23.4. The minimum atomic E-state index is -4.00. The van der Waals surface area contributed by atoms with Gasteiger partial charge in [0.25, 0.3) is 21.6 Å². The number of nitrogens with zero attached hydrogens (tertiary/aromatic N) is 2. The summed E-state index contributed by atoms with van der Waals surface area (Å²) in [4.78, 5) is 26.7. The minimum absolute atomic E-state index is 0.221. The summed E-state index contributed by atoms with van der Waals surface area (Å²) in [6.07, 6.45) is 2.63. The van der Waals surface area contributed by atoms with Crippen LogP contribution in [0.5, 0.6) is 0 Å². The Bertz CT molecular complexity index is 1210. The number of unbranched alkanes of at least 4 members (excludes halogenated alkanes) is 1. The van der Waals surface area contributed by atoms with Crippen molar-refractivity contribution in [3.8, 4) is 0 Å². The van der Waals surface area contributed by atoms with Crippen LogP contribution in [0.15, 0.2) is 58.8 Å². The van der Waals surface area contributed by atoms with Gasteiger partial charge in [0, 0.05) is 41.0 Å². The van der Waals surface area contributed by atoms with Crippen LogP contribution >= 0.6 is 11.3 Å². The summed E-state index contributed by atoms with van der Waals surface area (Å²) in [5.74, 6) is -0.247. The first-order valence-corrected chi connectivity index (χ1v) is 12.2. The maximum atomic E-state index is 12.5. The molecule has 0 aliphatic carbocycles. The number of carbonyl (C=O) groups is 1. The second-order valence-electron chi connectivity index (χ2n) is 7.03. The fourth-order valence-corrected chi connectivity index (χ4v) is 4.81. The Kier molecular flexibility index (Phi) is 7.54. The Hall–Kier alpha value is -3.31. The normalized spacial score (nSPS) is 11.2. The van der Waals surface area contributed by atoms with Gasteiger partial charge in [0.1, 0.15) is 0 Å². The van der Waals surface area contributed by atoms with Crippen molar-refractivity contribution in [2.24, 2.45) is 0 Å². The van der Waals surface area contributed by atoms with Crippen molar-refractivity contribution in [3.63, 3.8) is 0 Å². The number of sulfonamides is 1. The summed E-state index contributed by atoms with van der Waals surface area (Å²) in [5, 5.41) is 16.8. The second kappa shape index (κ2) is 10.3. The molecule has 0 bridgehead atoms. The smallest absolute Gasteiger partial charge is 0.270 e. The molecule has 11 heteroatoms. The van der Waals surface area contributed by atoms with Gasteiger partial charge in [0.15, 0.2) is 0 Å². The van der Waals surface area contributed by atoms with Crippen molar-refractivity contribution in [1.82, 2.24) is 10.3 Å². The molecule has 2 N–H and O–H groups in total. The molecule has 3 aromatic rings. The number of rotatable bonds is 10. The topological polar surface area (TPSA) is 131 Å². The number of hydrogen-bond acceptors (Lipinski definition) is 7. The van der Waals surface area contributed by atoms with Gasteiger partial charge in [-0.05, 0) is 56.5 Å². The van der Waals surface area contributed by atoms with Crippen molar-refractivity contribution in [2.45, 2.75) is 31.1 Å². The zero-order valence-electron chi connectivity index (χ0n) is 17.3. The third-order valence-electron chi connectivity index (χ3n) is 4.51. The number of hydrogen-bond donors (Lipinski definition) is 2. The van der Waals surface area contributed by atoms with E-state index in [-0.39, 0.29) is 22.2 Å². The van der Waals surface area contributed by atoms with Crippen molar-refractivity contribution in [3.05, 3.63) is 80.3 Å². The predicted molar refractivity (Wildman–Crippen MR) is 122 cm³/mol. The van der Waals surface area contributed by atoms with Crippen molar-refractivity contribution >= 4 is 38.6 Å². The lowest BCUT2D eigenvalue weighted by atomic mass is 10.2. The van der Waals surface area contributed by atoms with Gasteiger partial charge in [-0.3, -0.25) is 19.6 Å². The van der Waals surface area contributed by atoms with E-state index in [0.29, 0.717) is 12.1 Å². The summed E-state index contributed by atoms with van der Waals surface area (Å²) in [6.45, 7) is 2.49. The number of thiazole rings is 1. The Labute approximate surface area is 189 Å². The number of anilines is 1. The van der Waals surface area contributed by atoms with Gasteiger partial charge in [-0.2, -0.15) is 0 Å². The van der Waals surface area contributed by atoms with E-state index in [2.05, 4.69) is 15.0 Å². The van der Waals surface area contributed by atoms with E-state index in [1.165, 1.54) is 42.5 Å². The number of non-ortho nitro benzene ring substituents is 1. The molecule has 0 saturated heterocycles. The number of nitro benzene ring substituents is 1. The highest BCUT2D eigenvalue weighted by atomic mass is 32.2. The molecule has 1 heterocycles. The number of aromatic nitrogens is 1. The Morgan fingerprint density at radius 1 is 1.16 bits per heavy atom. The number of benzene rings is 2. The van der Waals surface area contributed by atoms with E-state index in [1.807, 2.05) is 12.3 Å². The van der Waals surface area contributed by atoms with E-state index in [0.717, 1.165) is 36.0 Å². The molecule has 9 nitrogen and oxygen atoms in total. The van der Waals surface area contributed by atoms with Crippen molar-refractivity contribution in [1.29, 1.82) is 0 Å². The number of nitro groups is 1. The van der Waals surface area contributed by atoms with E-state index in [1.54, 1.807) is 11.3 Å². The fourth-order valence-electron chi connectivity index (χ4n) is 2.89. The number of aryl methyl sites for hydroxylation is 2. The standard InChI is InChI=1S/C21H22N4O5S2/c1-15-14-31-20(23-15)7-2-3-12-22-21(26)16-8-10-17(11-9-16)24-32(29,30)19-6-4-5-18(13-19)25(27)28/h4-6,8-11,13-14,24H,2-3,7,12H2,1H3,(H,22,26). The molecular weight excluding hydrogens is 452 g/mol. The Morgan fingerprint density at radius 3 is 2.56 bits per heavy atom. The van der Waals surface area contributed by atoms with E-state index in [9.17, 15) is 23.3 Å². The van der Waals surface area contributed by atoms with Gasteiger partial charge < -0.3 is 5.32 Å². The van der Waals surface area contributed by atoms with Crippen LogP contribution in [0.1, 0.15) is 33.9 Å². The van der Waals surface area contributed by atoms with Gasteiger partial charge >= 0.3 is 0 Å². The summed E-state index contributed by atoms with van der Waals surface area (Å²) in [7, 11) is -4.00. The Morgan fingerprint density at radius 2 is 1.91 bits per heavy atom. The van der Waals surface area contributed by atoms with Crippen LogP contribution in [0.3, 0.4) is 0 Å². The molecule has 0 aliphatic heterocycles. The van der Waals surface area contributed by atoms with E-state index in [4.69, 9.17) is 0 Å². The van der Waals surface area contributed by atoms with Gasteiger partial charge in [-0.25, -0.2) is 13.4 Å². The number of carbonyl (C=O) groups excluding carboxylic acids is 1. The molecule has 0 fully saturated rings. The van der Waals surface area contributed by atoms with Crippen LogP contribution < -0.4 is 10.0 Å². The van der Waals surface area contributed by atoms with Crippen LogP contribution in [-0.2, 0) is 16.4 Å². The maximum Gasteiger partial charge on any atom is 0.270 e. The highest BCUT2D eigenvalue weighted by Crippen LogP contribution is 2.21. The Balaban J connectivity index is 1.51. The molecule has 2 aromatic carbocycles. The van der Waals surface area contributed by atoms with Crippen LogP contribution in [0.2, 0.25) is 0 Å². The van der Waals surface area contributed by atoms with Crippen LogP contribution in [-0.4, -0.2) is 30.8 Å². The number of nitrogens with one attached hydrogen (secondary N) is 2. The molecular formula is C21H22N4O5S2. The van der Waals surface area contributed by atoms with Crippen LogP contribution in [0.4, 0.5) is 11.4 Å². The summed E-state index contributed by atoms with van der Waals surface area (Å²) in [6, 6.07) is 10.7. The average molecular weight is 475 g/mol. The SMILES string of the molecule is Cc1csc(CCCCNC(=O)c2ccc(NS(=O)(=O)c3cccc([N+](=O)[O-])c3)cc2)n1. The molecule has 0 aliphatic rings. The number of amides is 1. The van der Waals surface area contributed by atoms with E-state index >= 15 is 0 Å². The molecule has 0 unspecified atom stereocenters. The molecule has 1 aromatic heterocycles. The van der Waals surface area contributed by atoms with E-state index < -0.39 is 14.9 Å². The molecule has 0 radical (unpaired) electrons. The highest BCUT2D eigenvalue weighted by molar-refractivity contribution is 7.92. The molecule has 168 valence electrons. The average Bonchev–Trinajstić information content (AvgIpc) is 3.18. The lowest BCUT2D eigenvalue weighted by molar-refractivity contribution is -0.385. The lowest BCUT2D eigenvalue weighted by Gasteiger charge is -2.09. The molecule has 1 amide bonds. The highest BCUT2D eigenvalue weighted by Gasteiger charge is 2.18. The predicted octanol–water partition coefficient (Wildman–Crippen LogP) is 3.91. The zero-order chi connectivity index (χ0) is 23.1. The third-order valence-corrected chi connectivity index (χ3v) is 6.91. The fraction of sp³-hybridized carbons (Fsp3) is 0.238. The summed E-state index contributed by atoms with van der Waals surface area (Å²) in [5.41, 5.74) is 1.35. The van der Waals surface area contributed by atoms with Gasteiger partial charge in [0.2, 0.25) is 0 Å². The second-order valence-corrected chi connectivity index (χ2v) is 9.66.